The Bertz CT molecular complexity index is 391. The number of hydrogen-bond acceptors (Lipinski definition) is 3. The van der Waals surface area contributed by atoms with Crippen molar-refractivity contribution >= 4 is 11.3 Å². The number of nitrogens with zero attached hydrogens (tertiary/aromatic N) is 1. The molecular formula is C16H28N2S. The first-order valence-electron chi connectivity index (χ1n) is 7.77. The quantitative estimate of drug-likeness (QED) is 0.851. The first-order valence-corrected chi connectivity index (χ1v) is 8.59. The van der Waals surface area contributed by atoms with Crippen molar-refractivity contribution in [1.29, 1.82) is 0 Å². The van der Waals surface area contributed by atoms with Crippen LogP contribution in [0.4, 0.5) is 0 Å². The van der Waals surface area contributed by atoms with Crippen molar-refractivity contribution in [2.24, 2.45) is 11.8 Å². The summed E-state index contributed by atoms with van der Waals surface area (Å²) in [6.07, 6.45) is 7.08. The molecule has 0 aliphatic heterocycles. The van der Waals surface area contributed by atoms with E-state index >= 15 is 0 Å². The van der Waals surface area contributed by atoms with E-state index in [0.717, 1.165) is 11.8 Å². The highest BCUT2D eigenvalue weighted by atomic mass is 32.1. The lowest BCUT2D eigenvalue weighted by Crippen LogP contribution is -2.28. The summed E-state index contributed by atoms with van der Waals surface area (Å²) in [7, 11) is 0. The Kier molecular flexibility index (Phi) is 5.40. The van der Waals surface area contributed by atoms with Gasteiger partial charge in [0.05, 0.1) is 10.7 Å². The molecule has 0 aromatic carbocycles. The second kappa shape index (κ2) is 6.85. The van der Waals surface area contributed by atoms with Crippen LogP contribution in [0, 0.1) is 25.7 Å². The highest BCUT2D eigenvalue weighted by molar-refractivity contribution is 7.11. The predicted molar refractivity (Wildman–Crippen MR) is 83.7 cm³/mol. The molecule has 0 saturated heterocycles. The van der Waals surface area contributed by atoms with Crippen molar-refractivity contribution in [3.8, 4) is 0 Å². The Labute approximate surface area is 122 Å². The van der Waals surface area contributed by atoms with E-state index in [4.69, 9.17) is 0 Å². The molecule has 2 nitrogen and oxygen atoms in total. The van der Waals surface area contributed by atoms with Gasteiger partial charge in [-0.3, -0.25) is 0 Å². The Morgan fingerprint density at radius 2 is 1.84 bits per heavy atom. The van der Waals surface area contributed by atoms with Gasteiger partial charge in [0.1, 0.15) is 0 Å². The van der Waals surface area contributed by atoms with Crippen molar-refractivity contribution in [3.05, 3.63) is 15.6 Å². The molecule has 0 radical (unpaired) electrons. The topological polar surface area (TPSA) is 24.9 Å². The summed E-state index contributed by atoms with van der Waals surface area (Å²) in [6, 6.07) is 0.454. The van der Waals surface area contributed by atoms with Crippen molar-refractivity contribution in [2.45, 2.75) is 65.8 Å². The van der Waals surface area contributed by atoms with E-state index in [2.05, 4.69) is 38.0 Å². The second-order valence-corrected chi connectivity index (χ2v) is 7.34. The summed E-state index contributed by atoms with van der Waals surface area (Å²) in [5, 5.41) is 4.91. The van der Waals surface area contributed by atoms with Gasteiger partial charge in [-0.25, -0.2) is 4.98 Å². The normalized spacial score (nSPS) is 25.5. The van der Waals surface area contributed by atoms with Crippen molar-refractivity contribution in [3.63, 3.8) is 0 Å². The molecule has 1 saturated carbocycles. The minimum atomic E-state index is 0.454. The van der Waals surface area contributed by atoms with Crippen LogP contribution in [-0.4, -0.2) is 11.5 Å². The lowest BCUT2D eigenvalue weighted by Gasteiger charge is -2.28. The van der Waals surface area contributed by atoms with Crippen LogP contribution < -0.4 is 5.32 Å². The maximum absolute atomic E-state index is 4.53. The molecule has 0 spiro atoms. The Balaban J connectivity index is 1.78. The fraction of sp³-hybridized carbons (Fsp3) is 0.812. The molecular weight excluding hydrogens is 252 g/mol. The van der Waals surface area contributed by atoms with E-state index in [-0.39, 0.29) is 0 Å². The summed E-state index contributed by atoms with van der Waals surface area (Å²) >= 11 is 1.84. The maximum Gasteiger partial charge on any atom is 0.0900 e. The van der Waals surface area contributed by atoms with Crippen LogP contribution in [-0.2, 0) is 0 Å². The minimum absolute atomic E-state index is 0.454. The first-order chi connectivity index (χ1) is 9.10. The van der Waals surface area contributed by atoms with Gasteiger partial charge < -0.3 is 5.32 Å². The van der Waals surface area contributed by atoms with Gasteiger partial charge in [0.15, 0.2) is 0 Å². The molecule has 19 heavy (non-hydrogen) atoms. The van der Waals surface area contributed by atoms with Gasteiger partial charge in [-0.05, 0) is 52.0 Å². The summed E-state index contributed by atoms with van der Waals surface area (Å²) in [4.78, 5) is 5.94. The van der Waals surface area contributed by atoms with Gasteiger partial charge in [-0.15, -0.1) is 11.3 Å². The van der Waals surface area contributed by atoms with Crippen molar-refractivity contribution in [1.82, 2.24) is 10.3 Å². The van der Waals surface area contributed by atoms with Crippen LogP contribution in [0.1, 0.15) is 67.6 Å². The lowest BCUT2D eigenvalue weighted by atomic mass is 9.81. The molecule has 2 rings (SSSR count). The Morgan fingerprint density at radius 3 is 2.37 bits per heavy atom. The van der Waals surface area contributed by atoms with E-state index in [0.29, 0.717) is 6.04 Å². The molecule has 1 aliphatic carbocycles. The van der Waals surface area contributed by atoms with Crippen molar-refractivity contribution in [2.75, 3.05) is 6.54 Å². The molecule has 0 amide bonds. The minimum Gasteiger partial charge on any atom is -0.309 e. The number of nitrogens with one attached hydrogen (secondary N) is 1. The van der Waals surface area contributed by atoms with E-state index < -0.39 is 0 Å². The summed E-state index contributed by atoms with van der Waals surface area (Å²) in [6.45, 7) is 10.0. The van der Waals surface area contributed by atoms with Crippen LogP contribution in [0.3, 0.4) is 0 Å². The van der Waals surface area contributed by atoms with Crippen LogP contribution in [0.5, 0.6) is 0 Å². The first kappa shape index (κ1) is 15.0. The van der Waals surface area contributed by atoms with Gasteiger partial charge in [-0.2, -0.15) is 0 Å². The molecule has 1 N–H and O–H groups in total. The SMILES string of the molecule is CCC1CCC(CNC(C)c2sc(C)nc2C)CC1. The van der Waals surface area contributed by atoms with Crippen LogP contribution in [0.15, 0.2) is 0 Å². The number of hydrogen-bond donors (Lipinski definition) is 1. The number of thiazole rings is 1. The van der Waals surface area contributed by atoms with Crippen LogP contribution in [0.25, 0.3) is 0 Å². The van der Waals surface area contributed by atoms with Crippen LogP contribution >= 0.6 is 11.3 Å². The second-order valence-electron chi connectivity index (χ2n) is 6.11. The zero-order valence-electron chi connectivity index (χ0n) is 12.8. The van der Waals surface area contributed by atoms with E-state index in [1.807, 2.05) is 11.3 Å². The maximum atomic E-state index is 4.53. The van der Waals surface area contributed by atoms with Gasteiger partial charge in [-0.1, -0.05) is 26.2 Å². The molecule has 1 atom stereocenters. The highest BCUT2D eigenvalue weighted by Gasteiger charge is 2.21. The van der Waals surface area contributed by atoms with Gasteiger partial charge in [0.25, 0.3) is 0 Å². The number of aromatic nitrogens is 1. The average Bonchev–Trinajstić information content (AvgIpc) is 2.75. The molecule has 1 heterocycles. The van der Waals surface area contributed by atoms with Crippen molar-refractivity contribution < 1.29 is 0 Å². The summed E-state index contributed by atoms with van der Waals surface area (Å²) < 4.78 is 0. The lowest BCUT2D eigenvalue weighted by molar-refractivity contribution is 0.258. The molecule has 0 bridgehead atoms. The smallest absolute Gasteiger partial charge is 0.0900 e. The Hall–Kier alpha value is -0.410. The molecule has 1 aliphatic rings. The van der Waals surface area contributed by atoms with Gasteiger partial charge >= 0.3 is 0 Å². The molecule has 1 aromatic heterocycles. The Morgan fingerprint density at radius 1 is 1.21 bits per heavy atom. The number of aryl methyl sites for hydroxylation is 2. The van der Waals surface area contributed by atoms with Crippen LogP contribution in [0.2, 0.25) is 0 Å². The standard InChI is InChI=1S/C16H28N2S/c1-5-14-6-8-15(9-7-14)10-17-11(2)16-12(3)18-13(4)19-16/h11,14-15,17H,5-10H2,1-4H3. The molecule has 1 aromatic rings. The fourth-order valence-electron chi connectivity index (χ4n) is 3.23. The zero-order chi connectivity index (χ0) is 13.8. The fourth-order valence-corrected chi connectivity index (χ4v) is 4.18. The molecule has 108 valence electrons. The third kappa shape index (κ3) is 4.03. The third-order valence-electron chi connectivity index (χ3n) is 4.59. The summed E-state index contributed by atoms with van der Waals surface area (Å²) in [5.41, 5.74) is 1.21. The van der Waals surface area contributed by atoms with E-state index in [1.54, 1.807) is 0 Å². The average molecular weight is 280 g/mol. The van der Waals surface area contributed by atoms with Gasteiger partial charge in [0.2, 0.25) is 0 Å². The molecule has 3 heteroatoms. The highest BCUT2D eigenvalue weighted by Crippen LogP contribution is 2.31. The largest absolute Gasteiger partial charge is 0.309 e. The summed E-state index contributed by atoms with van der Waals surface area (Å²) in [5.74, 6) is 1.89. The monoisotopic (exact) mass is 280 g/mol. The predicted octanol–water partition coefficient (Wildman–Crippen LogP) is 4.63. The van der Waals surface area contributed by atoms with Gasteiger partial charge in [0, 0.05) is 10.9 Å². The van der Waals surface area contributed by atoms with E-state index in [9.17, 15) is 0 Å². The third-order valence-corrected chi connectivity index (χ3v) is 5.84. The number of rotatable bonds is 5. The zero-order valence-corrected chi connectivity index (χ0v) is 13.6. The van der Waals surface area contributed by atoms with E-state index in [1.165, 1.54) is 54.2 Å². The molecule has 1 fully saturated rings. The molecule has 1 unspecified atom stereocenters.